The normalized spacial score (nSPS) is 19.1. The molecule has 7 nitrogen and oxygen atoms in total. The zero-order valence-electron chi connectivity index (χ0n) is 21.8. The second-order valence-corrected chi connectivity index (χ2v) is 11.6. The highest BCUT2D eigenvalue weighted by atomic mass is 32.1. The first-order chi connectivity index (χ1) is 16.9. The smallest absolute Gasteiger partial charge is 0.257 e. The van der Waals surface area contributed by atoms with E-state index in [0.717, 1.165) is 36.1 Å². The Bertz CT molecular complexity index is 1060. The highest BCUT2D eigenvalue weighted by Gasteiger charge is 2.51. The number of aryl methyl sites for hydroxylation is 1. The standard InChI is InChI=1S/C17H19N3O2S.C10H18FNO/c1-12-16(23-10-19-12)14-6-4-13(5-7-14)9-18-17(22)15-3-2-8-20(15)11-21;1-7(9(2,3)4)12-8(13)10(11)5-6-10/h4-7,10-11,15H,2-3,8-9H2,1H3,(H,18,22);7H,5-6H2,1-4H3,(H,12,13). The Morgan fingerprint density at radius 1 is 1.28 bits per heavy atom. The van der Waals surface area contributed by atoms with E-state index in [2.05, 4.69) is 27.8 Å². The molecule has 1 aliphatic heterocycles. The molecule has 2 aliphatic rings. The van der Waals surface area contributed by atoms with Gasteiger partial charge in [-0.15, -0.1) is 11.3 Å². The summed E-state index contributed by atoms with van der Waals surface area (Å²) in [6.45, 7) is 11.1. The monoisotopic (exact) mass is 516 g/mol. The van der Waals surface area contributed by atoms with Gasteiger partial charge in [-0.1, -0.05) is 45.0 Å². The second-order valence-electron chi connectivity index (χ2n) is 10.7. The third kappa shape index (κ3) is 7.12. The molecule has 36 heavy (non-hydrogen) atoms. The summed E-state index contributed by atoms with van der Waals surface area (Å²) in [7, 11) is 0. The summed E-state index contributed by atoms with van der Waals surface area (Å²) in [6.07, 6.45) is 3.17. The van der Waals surface area contributed by atoms with Gasteiger partial charge in [0.25, 0.3) is 5.91 Å². The summed E-state index contributed by atoms with van der Waals surface area (Å²) in [5, 5.41) is 5.63. The predicted octanol–water partition coefficient (Wildman–Crippen LogP) is 4.39. The van der Waals surface area contributed by atoms with Crippen LogP contribution in [0.3, 0.4) is 0 Å². The highest BCUT2D eigenvalue weighted by Crippen LogP contribution is 2.40. The minimum Gasteiger partial charge on any atom is -0.350 e. The van der Waals surface area contributed by atoms with E-state index < -0.39 is 11.6 Å². The van der Waals surface area contributed by atoms with Gasteiger partial charge in [0.1, 0.15) is 6.04 Å². The average molecular weight is 517 g/mol. The summed E-state index contributed by atoms with van der Waals surface area (Å²) in [5.41, 5.74) is 3.51. The molecule has 0 radical (unpaired) electrons. The molecule has 0 spiro atoms. The maximum absolute atomic E-state index is 13.2. The number of nitrogens with zero attached hydrogens (tertiary/aromatic N) is 2. The maximum atomic E-state index is 13.2. The fraction of sp³-hybridized carbons (Fsp3) is 0.556. The Balaban J connectivity index is 0.000000236. The number of amides is 3. The zero-order chi connectivity index (χ0) is 26.5. The van der Waals surface area contributed by atoms with Crippen LogP contribution in [-0.2, 0) is 20.9 Å². The van der Waals surface area contributed by atoms with Crippen LogP contribution in [0.2, 0.25) is 0 Å². The van der Waals surface area contributed by atoms with E-state index in [-0.39, 0.29) is 23.4 Å². The summed E-state index contributed by atoms with van der Waals surface area (Å²) in [6, 6.07) is 7.83. The summed E-state index contributed by atoms with van der Waals surface area (Å²) in [4.78, 5) is 41.4. The number of likely N-dealkylation sites (tertiary alicyclic amines) is 1. The van der Waals surface area contributed by atoms with Crippen LogP contribution in [0.15, 0.2) is 29.8 Å². The number of hydrogen-bond acceptors (Lipinski definition) is 5. The molecule has 2 atom stereocenters. The third-order valence-corrected chi connectivity index (χ3v) is 7.88. The molecule has 9 heteroatoms. The number of carbonyl (C=O) groups excluding carboxylic acids is 3. The van der Waals surface area contributed by atoms with E-state index in [1.807, 2.05) is 52.3 Å². The van der Waals surface area contributed by atoms with Crippen molar-refractivity contribution in [1.82, 2.24) is 20.5 Å². The fourth-order valence-electron chi connectivity index (χ4n) is 3.74. The first-order valence-electron chi connectivity index (χ1n) is 12.4. The topological polar surface area (TPSA) is 91.4 Å². The number of nitrogens with one attached hydrogen (secondary N) is 2. The van der Waals surface area contributed by atoms with Gasteiger partial charge in [-0.25, -0.2) is 9.37 Å². The molecule has 1 aromatic carbocycles. The quantitative estimate of drug-likeness (QED) is 0.534. The average Bonchev–Trinajstić information content (AvgIpc) is 3.22. The maximum Gasteiger partial charge on any atom is 0.257 e. The van der Waals surface area contributed by atoms with Crippen LogP contribution in [0.1, 0.15) is 64.6 Å². The molecule has 4 rings (SSSR count). The highest BCUT2D eigenvalue weighted by molar-refractivity contribution is 7.13. The van der Waals surface area contributed by atoms with Gasteiger partial charge in [0, 0.05) is 19.1 Å². The molecule has 3 amide bonds. The predicted molar refractivity (Wildman–Crippen MR) is 140 cm³/mol. The van der Waals surface area contributed by atoms with Gasteiger partial charge in [-0.2, -0.15) is 0 Å². The summed E-state index contributed by atoms with van der Waals surface area (Å²) >= 11 is 1.63. The van der Waals surface area contributed by atoms with Gasteiger partial charge < -0.3 is 15.5 Å². The van der Waals surface area contributed by atoms with Crippen molar-refractivity contribution in [2.45, 2.75) is 84.6 Å². The van der Waals surface area contributed by atoms with Crippen molar-refractivity contribution in [2.75, 3.05) is 6.54 Å². The SMILES string of the molecule is CC(NC(=O)C1(F)CC1)C(C)(C)C.Cc1ncsc1-c1ccc(CNC(=O)C2CCCN2C=O)cc1. The van der Waals surface area contributed by atoms with Gasteiger partial charge in [0.2, 0.25) is 12.3 Å². The number of thiazole rings is 1. The molecule has 1 aromatic heterocycles. The lowest BCUT2D eigenvalue weighted by Gasteiger charge is -2.28. The van der Waals surface area contributed by atoms with Crippen molar-refractivity contribution < 1.29 is 18.8 Å². The van der Waals surface area contributed by atoms with Gasteiger partial charge in [-0.05, 0) is 56.1 Å². The Hall–Kier alpha value is -2.81. The molecule has 2 N–H and O–H groups in total. The number of rotatable bonds is 7. The van der Waals surface area contributed by atoms with E-state index in [1.54, 1.807) is 16.2 Å². The number of carbonyl (C=O) groups is 3. The van der Waals surface area contributed by atoms with Crippen LogP contribution in [0.5, 0.6) is 0 Å². The molecule has 2 fully saturated rings. The summed E-state index contributed by atoms with van der Waals surface area (Å²) in [5.74, 6) is -0.507. The minimum atomic E-state index is -1.54. The van der Waals surface area contributed by atoms with Crippen LogP contribution in [-0.4, -0.2) is 52.4 Å². The number of alkyl halides is 1. The Labute approximate surface area is 216 Å². The van der Waals surface area contributed by atoms with Gasteiger partial charge in [-0.3, -0.25) is 14.4 Å². The summed E-state index contributed by atoms with van der Waals surface area (Å²) < 4.78 is 13.2. The van der Waals surface area contributed by atoms with Gasteiger partial charge >= 0.3 is 0 Å². The molecule has 1 saturated carbocycles. The molecule has 2 heterocycles. The lowest BCUT2D eigenvalue weighted by Crippen LogP contribution is -2.45. The molecule has 1 aliphatic carbocycles. The number of hydrogen-bond donors (Lipinski definition) is 2. The molecular weight excluding hydrogens is 479 g/mol. The largest absolute Gasteiger partial charge is 0.350 e. The van der Waals surface area contributed by atoms with Crippen molar-refractivity contribution in [3.63, 3.8) is 0 Å². The number of benzene rings is 1. The van der Waals surface area contributed by atoms with Crippen LogP contribution >= 0.6 is 11.3 Å². The van der Waals surface area contributed by atoms with Crippen molar-refractivity contribution in [2.24, 2.45) is 5.41 Å². The van der Waals surface area contributed by atoms with Crippen LogP contribution < -0.4 is 10.6 Å². The lowest BCUT2D eigenvalue weighted by molar-refractivity contribution is -0.131. The van der Waals surface area contributed by atoms with E-state index in [9.17, 15) is 18.8 Å². The van der Waals surface area contributed by atoms with E-state index in [1.165, 1.54) is 4.88 Å². The molecule has 0 bridgehead atoms. The van der Waals surface area contributed by atoms with Crippen molar-refractivity contribution in [3.8, 4) is 10.4 Å². The fourth-order valence-corrected chi connectivity index (χ4v) is 4.55. The lowest BCUT2D eigenvalue weighted by atomic mass is 9.88. The van der Waals surface area contributed by atoms with E-state index in [4.69, 9.17) is 0 Å². The molecule has 2 aromatic rings. The van der Waals surface area contributed by atoms with Crippen molar-refractivity contribution in [1.29, 1.82) is 0 Å². The first-order valence-corrected chi connectivity index (χ1v) is 13.3. The van der Waals surface area contributed by atoms with Gasteiger partial charge in [0.05, 0.1) is 16.1 Å². The van der Waals surface area contributed by atoms with Crippen LogP contribution in [0, 0.1) is 12.3 Å². The Kier molecular flexibility index (Phi) is 8.87. The van der Waals surface area contributed by atoms with Crippen LogP contribution in [0.25, 0.3) is 10.4 Å². The van der Waals surface area contributed by atoms with Crippen molar-refractivity contribution in [3.05, 3.63) is 41.0 Å². The molecule has 1 saturated heterocycles. The number of aromatic nitrogens is 1. The molecular formula is C27H37FN4O3S. The van der Waals surface area contributed by atoms with Crippen LogP contribution in [0.4, 0.5) is 4.39 Å². The van der Waals surface area contributed by atoms with E-state index in [0.29, 0.717) is 25.9 Å². The number of halogens is 1. The Morgan fingerprint density at radius 3 is 2.47 bits per heavy atom. The van der Waals surface area contributed by atoms with Crippen molar-refractivity contribution >= 4 is 29.6 Å². The molecule has 196 valence electrons. The minimum absolute atomic E-state index is 0.00762. The van der Waals surface area contributed by atoms with Gasteiger partial charge in [0.15, 0.2) is 5.67 Å². The molecule has 2 unspecified atom stereocenters. The first kappa shape index (κ1) is 27.8. The Morgan fingerprint density at radius 2 is 1.94 bits per heavy atom. The third-order valence-electron chi connectivity index (χ3n) is 6.90. The zero-order valence-corrected chi connectivity index (χ0v) is 22.6. The van der Waals surface area contributed by atoms with E-state index >= 15 is 0 Å². The second kappa shape index (κ2) is 11.5.